The number of hydrogen-bond donors (Lipinski definition) is 1. The fraction of sp³-hybridized carbons (Fsp3) is 0.263. The molecule has 0 heterocycles. The summed E-state index contributed by atoms with van der Waals surface area (Å²) in [6.07, 6.45) is 0. The van der Waals surface area contributed by atoms with E-state index < -0.39 is 0 Å². The predicted octanol–water partition coefficient (Wildman–Crippen LogP) is 3.63. The van der Waals surface area contributed by atoms with Crippen molar-refractivity contribution in [1.29, 1.82) is 0 Å². The first kappa shape index (κ1) is 18.0. The van der Waals surface area contributed by atoms with Crippen LogP contribution in [0.15, 0.2) is 42.5 Å². The fourth-order valence-corrected chi connectivity index (χ4v) is 2.51. The summed E-state index contributed by atoms with van der Waals surface area (Å²) in [5.74, 6) is -0.425. The van der Waals surface area contributed by atoms with Gasteiger partial charge in [-0.25, -0.2) is 0 Å². The first-order valence-electron chi connectivity index (χ1n) is 7.74. The molecule has 0 aliphatic heterocycles. The normalized spacial score (nSPS) is 10.3. The smallest absolute Gasteiger partial charge is 0.240 e. The van der Waals surface area contributed by atoms with Crippen molar-refractivity contribution in [2.75, 3.05) is 11.4 Å². The van der Waals surface area contributed by atoms with Crippen molar-refractivity contribution < 1.29 is 9.59 Å². The Balaban J connectivity index is 2.05. The van der Waals surface area contributed by atoms with Gasteiger partial charge in [-0.05, 0) is 42.7 Å². The lowest BCUT2D eigenvalue weighted by molar-refractivity contribution is -0.123. The average molecular weight is 345 g/mol. The molecular weight excluding hydrogens is 324 g/mol. The zero-order valence-electron chi connectivity index (χ0n) is 14.1. The summed E-state index contributed by atoms with van der Waals surface area (Å²) in [5.41, 5.74) is 3.71. The number of benzene rings is 2. The third-order valence-electron chi connectivity index (χ3n) is 3.89. The molecule has 0 radical (unpaired) electrons. The molecule has 0 atom stereocenters. The molecule has 0 unspecified atom stereocenters. The van der Waals surface area contributed by atoms with Crippen LogP contribution in [0.5, 0.6) is 0 Å². The Labute approximate surface area is 147 Å². The fourth-order valence-electron chi connectivity index (χ4n) is 2.34. The van der Waals surface area contributed by atoms with Gasteiger partial charge in [-0.3, -0.25) is 9.59 Å². The number of carbonyl (C=O) groups is 2. The lowest BCUT2D eigenvalue weighted by Gasteiger charge is -2.21. The Morgan fingerprint density at radius 3 is 2.42 bits per heavy atom. The number of carbonyl (C=O) groups excluding carboxylic acids is 2. The Bertz CT molecular complexity index is 759. The number of halogens is 1. The number of hydrogen-bond acceptors (Lipinski definition) is 2. The van der Waals surface area contributed by atoms with Crippen molar-refractivity contribution >= 4 is 29.1 Å². The van der Waals surface area contributed by atoms with Crippen LogP contribution in [0.25, 0.3) is 0 Å². The summed E-state index contributed by atoms with van der Waals surface area (Å²) in [6, 6.07) is 13.2. The summed E-state index contributed by atoms with van der Waals surface area (Å²) in [6.45, 7) is 5.71. The van der Waals surface area contributed by atoms with Crippen LogP contribution in [0, 0.1) is 13.8 Å². The van der Waals surface area contributed by atoms with Gasteiger partial charge in [-0.1, -0.05) is 41.9 Å². The van der Waals surface area contributed by atoms with E-state index in [2.05, 4.69) is 5.32 Å². The molecule has 24 heavy (non-hydrogen) atoms. The Kier molecular flexibility index (Phi) is 5.99. The second-order valence-electron chi connectivity index (χ2n) is 5.74. The van der Waals surface area contributed by atoms with Crippen LogP contribution in [0.2, 0.25) is 5.02 Å². The van der Waals surface area contributed by atoms with Gasteiger partial charge in [0.2, 0.25) is 11.8 Å². The molecule has 126 valence electrons. The Morgan fingerprint density at radius 1 is 1.08 bits per heavy atom. The van der Waals surface area contributed by atoms with E-state index in [4.69, 9.17) is 11.6 Å². The minimum Gasteiger partial charge on any atom is -0.350 e. The minimum absolute atomic E-state index is 0.0411. The molecule has 2 amide bonds. The number of nitrogens with zero attached hydrogens (tertiary/aromatic N) is 1. The summed E-state index contributed by atoms with van der Waals surface area (Å²) in [5, 5.41) is 3.42. The molecule has 0 aliphatic rings. The predicted molar refractivity (Wildman–Crippen MR) is 97.2 cm³/mol. The molecule has 0 fully saturated rings. The quantitative estimate of drug-likeness (QED) is 0.900. The third-order valence-corrected chi connectivity index (χ3v) is 4.29. The van der Waals surface area contributed by atoms with E-state index in [-0.39, 0.29) is 18.4 Å². The van der Waals surface area contributed by atoms with Crippen LogP contribution in [0.3, 0.4) is 0 Å². The first-order chi connectivity index (χ1) is 11.4. The zero-order valence-corrected chi connectivity index (χ0v) is 14.9. The van der Waals surface area contributed by atoms with Crippen LogP contribution in [-0.2, 0) is 16.1 Å². The minimum atomic E-state index is -0.217. The maximum atomic E-state index is 12.2. The van der Waals surface area contributed by atoms with Crippen molar-refractivity contribution in [3.05, 3.63) is 64.2 Å². The van der Waals surface area contributed by atoms with E-state index in [0.29, 0.717) is 17.3 Å². The van der Waals surface area contributed by atoms with E-state index >= 15 is 0 Å². The van der Waals surface area contributed by atoms with Crippen LogP contribution in [-0.4, -0.2) is 18.4 Å². The van der Waals surface area contributed by atoms with E-state index in [9.17, 15) is 9.59 Å². The van der Waals surface area contributed by atoms with Gasteiger partial charge in [-0.15, -0.1) is 0 Å². The number of aryl methyl sites for hydroxylation is 2. The van der Waals surface area contributed by atoms with Crippen LogP contribution in [0.1, 0.15) is 23.6 Å². The van der Waals surface area contributed by atoms with Gasteiger partial charge >= 0.3 is 0 Å². The van der Waals surface area contributed by atoms with Gasteiger partial charge in [0, 0.05) is 24.2 Å². The van der Waals surface area contributed by atoms with Gasteiger partial charge in [-0.2, -0.15) is 0 Å². The van der Waals surface area contributed by atoms with Crippen molar-refractivity contribution in [2.24, 2.45) is 0 Å². The number of amides is 2. The Hall–Kier alpha value is -2.33. The van der Waals surface area contributed by atoms with E-state index in [0.717, 1.165) is 16.7 Å². The molecule has 2 rings (SSSR count). The summed E-state index contributed by atoms with van der Waals surface area (Å²) >= 11 is 6.12. The van der Waals surface area contributed by atoms with Crippen molar-refractivity contribution in [3.63, 3.8) is 0 Å². The average Bonchev–Trinajstić information content (AvgIpc) is 2.54. The number of rotatable bonds is 5. The molecular formula is C19H21ClN2O2. The lowest BCUT2D eigenvalue weighted by Crippen LogP contribution is -2.39. The maximum Gasteiger partial charge on any atom is 0.240 e. The van der Waals surface area contributed by atoms with E-state index in [1.54, 1.807) is 12.1 Å². The van der Waals surface area contributed by atoms with Gasteiger partial charge in [0.25, 0.3) is 0 Å². The van der Waals surface area contributed by atoms with E-state index in [1.165, 1.54) is 11.8 Å². The Morgan fingerprint density at radius 2 is 1.79 bits per heavy atom. The third kappa shape index (κ3) is 4.59. The molecule has 5 heteroatoms. The second kappa shape index (κ2) is 7.97. The van der Waals surface area contributed by atoms with E-state index in [1.807, 2.05) is 44.2 Å². The molecule has 1 N–H and O–H groups in total. The molecule has 2 aromatic rings. The molecule has 0 saturated heterocycles. The highest BCUT2D eigenvalue weighted by atomic mass is 35.5. The van der Waals surface area contributed by atoms with Gasteiger partial charge in [0.15, 0.2) is 0 Å². The van der Waals surface area contributed by atoms with Crippen LogP contribution >= 0.6 is 11.6 Å². The number of anilines is 1. The van der Waals surface area contributed by atoms with Gasteiger partial charge < -0.3 is 10.2 Å². The topological polar surface area (TPSA) is 49.4 Å². The highest BCUT2D eigenvalue weighted by molar-refractivity contribution is 6.31. The van der Waals surface area contributed by atoms with Gasteiger partial charge in [0.1, 0.15) is 6.54 Å². The largest absolute Gasteiger partial charge is 0.350 e. The first-order valence-corrected chi connectivity index (χ1v) is 8.11. The second-order valence-corrected chi connectivity index (χ2v) is 6.15. The highest BCUT2D eigenvalue weighted by Gasteiger charge is 2.16. The van der Waals surface area contributed by atoms with Gasteiger partial charge in [0.05, 0.1) is 0 Å². The van der Waals surface area contributed by atoms with Crippen LogP contribution in [0.4, 0.5) is 5.69 Å². The highest BCUT2D eigenvalue weighted by Crippen LogP contribution is 2.23. The number of nitrogens with one attached hydrogen (secondary N) is 1. The molecule has 0 bridgehead atoms. The molecule has 0 spiro atoms. The maximum absolute atomic E-state index is 12.2. The molecule has 2 aromatic carbocycles. The molecule has 4 nitrogen and oxygen atoms in total. The zero-order chi connectivity index (χ0) is 17.7. The standard InChI is InChI=1S/C19H21ClN2O2/c1-13-6-4-5-7-16(13)11-21-19(24)12-22(15(3)23)17-9-8-14(2)18(20)10-17/h4-10H,11-12H2,1-3H3,(H,21,24). The summed E-state index contributed by atoms with van der Waals surface area (Å²) < 4.78 is 0. The summed E-state index contributed by atoms with van der Waals surface area (Å²) in [4.78, 5) is 25.6. The molecule has 0 saturated carbocycles. The summed E-state index contributed by atoms with van der Waals surface area (Å²) in [7, 11) is 0. The molecule has 0 aromatic heterocycles. The molecule has 0 aliphatic carbocycles. The SMILES string of the molecule is CC(=O)N(CC(=O)NCc1ccccc1C)c1ccc(C)c(Cl)c1. The van der Waals surface area contributed by atoms with Crippen LogP contribution < -0.4 is 10.2 Å². The lowest BCUT2D eigenvalue weighted by atomic mass is 10.1. The van der Waals surface area contributed by atoms with Crippen molar-refractivity contribution in [3.8, 4) is 0 Å². The van der Waals surface area contributed by atoms with Crippen molar-refractivity contribution in [2.45, 2.75) is 27.3 Å². The van der Waals surface area contributed by atoms with Crippen molar-refractivity contribution in [1.82, 2.24) is 5.32 Å². The monoisotopic (exact) mass is 344 g/mol.